The Morgan fingerprint density at radius 3 is 2.78 bits per heavy atom. The van der Waals surface area contributed by atoms with Crippen molar-refractivity contribution >= 4 is 16.5 Å². The van der Waals surface area contributed by atoms with Gasteiger partial charge in [0, 0.05) is 0 Å². The fraction of sp³-hybridized carbons (Fsp3) is 0.800. The van der Waals surface area contributed by atoms with Crippen molar-refractivity contribution in [3.05, 3.63) is 0 Å². The third-order valence-corrected chi connectivity index (χ3v) is 1.69. The van der Waals surface area contributed by atoms with E-state index in [0.29, 0.717) is 0 Å². The van der Waals surface area contributed by atoms with Gasteiger partial charge in [-0.15, -0.1) is 0 Å². The number of hydrogen-bond donors (Lipinski definition) is 0. The SMILES string of the molecule is COC(=O)C1CC1O[Si]. The van der Waals surface area contributed by atoms with Gasteiger partial charge in [-0.3, -0.25) is 4.79 Å². The first-order valence-electron chi connectivity index (χ1n) is 2.69. The van der Waals surface area contributed by atoms with E-state index in [0.717, 1.165) is 6.42 Å². The standard InChI is InChI=1S/C5H7O3Si/c1-7-5(6)3-2-4(3)8-9/h3-4H,2H2,1H3. The van der Waals surface area contributed by atoms with E-state index in [2.05, 4.69) is 15.2 Å². The zero-order valence-electron chi connectivity index (χ0n) is 5.09. The molecule has 1 aliphatic carbocycles. The summed E-state index contributed by atoms with van der Waals surface area (Å²) in [5, 5.41) is 0. The van der Waals surface area contributed by atoms with Gasteiger partial charge in [0.05, 0.1) is 19.1 Å². The monoisotopic (exact) mass is 143 g/mol. The third-order valence-electron chi connectivity index (χ3n) is 1.39. The Hall–Kier alpha value is -0.353. The first-order chi connectivity index (χ1) is 4.29. The van der Waals surface area contributed by atoms with Gasteiger partial charge in [-0.05, 0) is 6.42 Å². The molecule has 3 radical (unpaired) electrons. The van der Waals surface area contributed by atoms with Crippen LogP contribution in [-0.2, 0) is 14.0 Å². The Morgan fingerprint density at radius 2 is 2.44 bits per heavy atom. The molecule has 0 spiro atoms. The quantitative estimate of drug-likeness (QED) is 0.391. The second kappa shape index (κ2) is 2.49. The Morgan fingerprint density at radius 1 is 1.78 bits per heavy atom. The maximum absolute atomic E-state index is 10.6. The van der Waals surface area contributed by atoms with E-state index in [1.54, 1.807) is 0 Å². The van der Waals surface area contributed by atoms with Crippen LogP contribution in [0.3, 0.4) is 0 Å². The lowest BCUT2D eigenvalue weighted by Gasteiger charge is -1.94. The third kappa shape index (κ3) is 1.31. The molecule has 49 valence electrons. The van der Waals surface area contributed by atoms with Crippen molar-refractivity contribution < 1.29 is 14.0 Å². The average molecular weight is 143 g/mol. The summed E-state index contributed by atoms with van der Waals surface area (Å²) in [6, 6.07) is 0. The number of esters is 1. The van der Waals surface area contributed by atoms with Crippen LogP contribution in [0.4, 0.5) is 0 Å². The highest BCUT2D eigenvalue weighted by Crippen LogP contribution is 2.33. The van der Waals surface area contributed by atoms with Crippen LogP contribution >= 0.6 is 0 Å². The minimum absolute atomic E-state index is 0.0347. The zero-order valence-corrected chi connectivity index (χ0v) is 6.09. The van der Waals surface area contributed by atoms with E-state index in [1.165, 1.54) is 7.11 Å². The van der Waals surface area contributed by atoms with Crippen molar-refractivity contribution in [2.75, 3.05) is 7.11 Å². The van der Waals surface area contributed by atoms with Crippen molar-refractivity contribution in [1.82, 2.24) is 0 Å². The zero-order chi connectivity index (χ0) is 6.85. The summed E-state index contributed by atoms with van der Waals surface area (Å²) in [5.74, 6) is -0.217. The molecule has 1 fully saturated rings. The van der Waals surface area contributed by atoms with Gasteiger partial charge in [-0.1, -0.05) is 0 Å². The molecule has 1 aliphatic rings. The molecular weight excluding hydrogens is 136 g/mol. The lowest BCUT2D eigenvalue weighted by Crippen LogP contribution is -2.07. The molecule has 0 saturated heterocycles. The van der Waals surface area contributed by atoms with E-state index in [9.17, 15) is 4.79 Å². The molecule has 0 aromatic rings. The molecule has 4 heteroatoms. The van der Waals surface area contributed by atoms with Gasteiger partial charge in [-0.2, -0.15) is 0 Å². The van der Waals surface area contributed by atoms with Crippen LogP contribution in [0.2, 0.25) is 0 Å². The summed E-state index contributed by atoms with van der Waals surface area (Å²) in [4.78, 5) is 10.6. The molecule has 3 nitrogen and oxygen atoms in total. The van der Waals surface area contributed by atoms with Crippen molar-refractivity contribution in [1.29, 1.82) is 0 Å². The van der Waals surface area contributed by atoms with Crippen LogP contribution in [0, 0.1) is 5.92 Å². The van der Waals surface area contributed by atoms with E-state index < -0.39 is 0 Å². The Kier molecular flexibility index (Phi) is 1.87. The molecule has 0 bridgehead atoms. The predicted octanol–water partition coefficient (Wildman–Crippen LogP) is -0.352. The number of methoxy groups -OCH3 is 1. The summed E-state index contributed by atoms with van der Waals surface area (Å²) >= 11 is 0. The van der Waals surface area contributed by atoms with Crippen LogP contribution < -0.4 is 0 Å². The van der Waals surface area contributed by atoms with Gasteiger partial charge in [0.2, 0.25) is 10.5 Å². The number of carbonyl (C=O) groups excluding carboxylic acids is 1. The van der Waals surface area contributed by atoms with Crippen molar-refractivity contribution in [3.63, 3.8) is 0 Å². The number of rotatable bonds is 2. The van der Waals surface area contributed by atoms with E-state index in [1.807, 2.05) is 0 Å². The van der Waals surface area contributed by atoms with E-state index in [4.69, 9.17) is 4.43 Å². The van der Waals surface area contributed by atoms with Crippen molar-refractivity contribution in [3.8, 4) is 0 Å². The van der Waals surface area contributed by atoms with E-state index in [-0.39, 0.29) is 18.0 Å². The highest BCUT2D eigenvalue weighted by molar-refractivity contribution is 5.98. The van der Waals surface area contributed by atoms with Crippen molar-refractivity contribution in [2.45, 2.75) is 12.5 Å². The largest absolute Gasteiger partial charge is 0.469 e. The maximum Gasteiger partial charge on any atom is 0.311 e. The van der Waals surface area contributed by atoms with Crippen LogP contribution in [0.15, 0.2) is 0 Å². The number of carbonyl (C=O) groups is 1. The van der Waals surface area contributed by atoms with Gasteiger partial charge < -0.3 is 9.16 Å². The lowest BCUT2D eigenvalue weighted by molar-refractivity contribution is -0.142. The molecule has 1 rings (SSSR count). The molecule has 0 aromatic heterocycles. The summed E-state index contributed by atoms with van der Waals surface area (Å²) in [5.41, 5.74) is 0. The van der Waals surface area contributed by atoms with Gasteiger partial charge >= 0.3 is 5.97 Å². The second-order valence-corrected chi connectivity index (χ2v) is 2.26. The van der Waals surface area contributed by atoms with Crippen LogP contribution in [0.5, 0.6) is 0 Å². The number of hydrogen-bond acceptors (Lipinski definition) is 3. The maximum atomic E-state index is 10.6. The van der Waals surface area contributed by atoms with Crippen LogP contribution in [0.1, 0.15) is 6.42 Å². The Balaban J connectivity index is 2.25. The Bertz CT molecular complexity index is 125. The second-order valence-electron chi connectivity index (χ2n) is 2.02. The fourth-order valence-electron chi connectivity index (χ4n) is 0.701. The Labute approximate surface area is 56.9 Å². The molecule has 2 atom stereocenters. The molecular formula is C5H7O3Si. The topological polar surface area (TPSA) is 35.5 Å². The normalized spacial score (nSPS) is 31.8. The van der Waals surface area contributed by atoms with E-state index >= 15 is 0 Å². The molecule has 0 N–H and O–H groups in total. The average Bonchev–Trinajstić information content (AvgIpc) is 2.64. The van der Waals surface area contributed by atoms with Crippen molar-refractivity contribution in [2.24, 2.45) is 5.92 Å². The van der Waals surface area contributed by atoms with Gasteiger partial charge in [-0.25, -0.2) is 0 Å². The first kappa shape index (κ1) is 6.76. The minimum atomic E-state index is -0.182. The summed E-state index contributed by atoms with van der Waals surface area (Å²) < 4.78 is 9.17. The summed E-state index contributed by atoms with van der Waals surface area (Å²) in [6.07, 6.45) is 0.810. The summed E-state index contributed by atoms with van der Waals surface area (Å²) in [7, 11) is 4.23. The highest BCUT2D eigenvalue weighted by atomic mass is 28.2. The summed E-state index contributed by atoms with van der Waals surface area (Å²) in [6.45, 7) is 0. The molecule has 0 amide bonds. The van der Waals surface area contributed by atoms with Crippen LogP contribution in [-0.4, -0.2) is 29.7 Å². The van der Waals surface area contributed by atoms with Gasteiger partial charge in [0.1, 0.15) is 0 Å². The lowest BCUT2D eigenvalue weighted by atomic mass is 10.4. The molecule has 0 aliphatic heterocycles. The smallest absolute Gasteiger partial charge is 0.311 e. The predicted molar refractivity (Wildman–Crippen MR) is 30.7 cm³/mol. The molecule has 2 unspecified atom stereocenters. The molecule has 0 aromatic carbocycles. The van der Waals surface area contributed by atoms with Crippen LogP contribution in [0.25, 0.3) is 0 Å². The number of ether oxygens (including phenoxy) is 1. The fourth-order valence-corrected chi connectivity index (χ4v) is 0.962. The van der Waals surface area contributed by atoms with Gasteiger partial charge in [0.25, 0.3) is 0 Å². The first-order valence-corrected chi connectivity index (χ1v) is 3.10. The highest BCUT2D eigenvalue weighted by Gasteiger charge is 2.43. The van der Waals surface area contributed by atoms with Gasteiger partial charge in [0.15, 0.2) is 0 Å². The minimum Gasteiger partial charge on any atom is -0.469 e. The molecule has 0 heterocycles. The molecule has 9 heavy (non-hydrogen) atoms. The molecule has 1 saturated carbocycles.